The number of halogens is 1. The van der Waals surface area contributed by atoms with E-state index >= 15 is 0 Å². The SMILES string of the molecule is C=CCOc1ccc(/C=C2/SC(=O)N(Cc3ccccc3Br)C2=O)cc1OCC. The topological polar surface area (TPSA) is 55.8 Å². The van der Waals surface area contributed by atoms with E-state index in [2.05, 4.69) is 22.5 Å². The number of imide groups is 1. The van der Waals surface area contributed by atoms with E-state index in [9.17, 15) is 9.59 Å². The second kappa shape index (κ2) is 9.80. The van der Waals surface area contributed by atoms with Crippen LogP contribution >= 0.6 is 27.7 Å². The van der Waals surface area contributed by atoms with Gasteiger partial charge in [0.05, 0.1) is 18.1 Å². The molecule has 7 heteroatoms. The maximum Gasteiger partial charge on any atom is 0.293 e. The van der Waals surface area contributed by atoms with Crippen LogP contribution in [0, 0.1) is 0 Å². The van der Waals surface area contributed by atoms with E-state index in [1.54, 1.807) is 24.3 Å². The van der Waals surface area contributed by atoms with Crippen molar-refractivity contribution in [3.8, 4) is 11.5 Å². The lowest BCUT2D eigenvalue weighted by molar-refractivity contribution is -0.123. The van der Waals surface area contributed by atoms with Gasteiger partial charge in [-0.1, -0.05) is 52.9 Å². The highest BCUT2D eigenvalue weighted by atomic mass is 79.9. The van der Waals surface area contributed by atoms with Crippen molar-refractivity contribution in [1.29, 1.82) is 0 Å². The number of hydrogen-bond donors (Lipinski definition) is 0. The molecule has 2 aromatic carbocycles. The molecule has 1 heterocycles. The molecule has 0 spiro atoms. The van der Waals surface area contributed by atoms with E-state index in [0.29, 0.717) is 29.6 Å². The first-order chi connectivity index (χ1) is 14.0. The standard InChI is InChI=1S/C22H20BrNO4S/c1-3-11-28-18-10-9-15(12-19(18)27-4-2)13-20-21(25)24(22(26)29-20)14-16-7-5-6-8-17(16)23/h3,5-10,12-13H,1,4,11,14H2,2H3/b20-13+. The summed E-state index contributed by atoms with van der Waals surface area (Å²) in [5.41, 5.74) is 1.63. The van der Waals surface area contributed by atoms with E-state index in [0.717, 1.165) is 27.4 Å². The summed E-state index contributed by atoms with van der Waals surface area (Å²) in [5.74, 6) is 0.877. The summed E-state index contributed by atoms with van der Waals surface area (Å²) >= 11 is 4.39. The summed E-state index contributed by atoms with van der Waals surface area (Å²) in [4.78, 5) is 26.8. The normalized spacial score (nSPS) is 15.1. The minimum atomic E-state index is -0.305. The van der Waals surface area contributed by atoms with Crippen LogP contribution in [0.5, 0.6) is 11.5 Å². The Labute approximate surface area is 182 Å². The smallest absolute Gasteiger partial charge is 0.293 e. The molecule has 0 unspecified atom stereocenters. The number of nitrogens with zero attached hydrogens (tertiary/aromatic N) is 1. The zero-order valence-corrected chi connectivity index (χ0v) is 18.3. The summed E-state index contributed by atoms with van der Waals surface area (Å²) < 4.78 is 12.1. The largest absolute Gasteiger partial charge is 0.490 e. The summed E-state index contributed by atoms with van der Waals surface area (Å²) in [7, 11) is 0. The van der Waals surface area contributed by atoms with E-state index in [4.69, 9.17) is 9.47 Å². The van der Waals surface area contributed by atoms with Crippen LogP contribution in [0.3, 0.4) is 0 Å². The number of carbonyl (C=O) groups is 2. The molecule has 0 aromatic heterocycles. The summed E-state index contributed by atoms with van der Waals surface area (Å²) in [6, 6.07) is 12.9. The number of carbonyl (C=O) groups excluding carboxylic acids is 2. The van der Waals surface area contributed by atoms with Gasteiger partial charge in [0.25, 0.3) is 11.1 Å². The molecule has 0 radical (unpaired) electrons. The fraction of sp³-hybridized carbons (Fsp3) is 0.182. The first kappa shape index (κ1) is 21.2. The quantitative estimate of drug-likeness (QED) is 0.366. The van der Waals surface area contributed by atoms with Gasteiger partial charge in [0.15, 0.2) is 11.5 Å². The van der Waals surface area contributed by atoms with Gasteiger partial charge in [-0.05, 0) is 54.1 Å². The first-order valence-electron chi connectivity index (χ1n) is 9.02. The molecule has 29 heavy (non-hydrogen) atoms. The van der Waals surface area contributed by atoms with Crippen molar-refractivity contribution in [2.45, 2.75) is 13.5 Å². The second-order valence-corrected chi connectivity index (χ2v) is 7.95. The second-order valence-electron chi connectivity index (χ2n) is 6.10. The first-order valence-corrected chi connectivity index (χ1v) is 10.6. The van der Waals surface area contributed by atoms with Crippen LogP contribution in [0.25, 0.3) is 6.08 Å². The number of benzene rings is 2. The predicted octanol–water partition coefficient (Wildman–Crippen LogP) is 5.65. The van der Waals surface area contributed by atoms with Gasteiger partial charge in [-0.15, -0.1) is 0 Å². The van der Waals surface area contributed by atoms with Gasteiger partial charge in [0.1, 0.15) is 6.61 Å². The molecule has 5 nitrogen and oxygen atoms in total. The molecule has 1 aliphatic heterocycles. The molecular weight excluding hydrogens is 454 g/mol. The third-order valence-corrected chi connectivity index (χ3v) is 5.76. The van der Waals surface area contributed by atoms with Crippen LogP contribution in [0.15, 0.2) is 64.5 Å². The van der Waals surface area contributed by atoms with Gasteiger partial charge in [0, 0.05) is 4.47 Å². The predicted molar refractivity (Wildman–Crippen MR) is 119 cm³/mol. The number of ether oxygens (including phenoxy) is 2. The minimum Gasteiger partial charge on any atom is -0.490 e. The van der Waals surface area contributed by atoms with Gasteiger partial charge in [-0.2, -0.15) is 0 Å². The van der Waals surface area contributed by atoms with Crippen LogP contribution in [0.2, 0.25) is 0 Å². The van der Waals surface area contributed by atoms with Crippen LogP contribution in [-0.4, -0.2) is 29.3 Å². The average molecular weight is 474 g/mol. The Kier molecular flexibility index (Phi) is 7.17. The zero-order chi connectivity index (χ0) is 20.8. The Morgan fingerprint density at radius 1 is 1.14 bits per heavy atom. The maximum atomic E-state index is 12.8. The molecule has 1 fully saturated rings. The lowest BCUT2D eigenvalue weighted by atomic mass is 10.1. The van der Waals surface area contributed by atoms with Gasteiger partial charge in [-0.25, -0.2) is 0 Å². The molecule has 0 N–H and O–H groups in total. The Morgan fingerprint density at radius 3 is 2.66 bits per heavy atom. The van der Waals surface area contributed by atoms with Crippen molar-refractivity contribution in [3.05, 3.63) is 75.6 Å². The van der Waals surface area contributed by atoms with E-state index < -0.39 is 0 Å². The molecule has 2 aromatic rings. The van der Waals surface area contributed by atoms with Crippen molar-refractivity contribution in [3.63, 3.8) is 0 Å². The van der Waals surface area contributed by atoms with E-state index in [1.165, 1.54) is 4.90 Å². The van der Waals surface area contributed by atoms with E-state index in [-0.39, 0.29) is 17.7 Å². The van der Waals surface area contributed by atoms with Gasteiger partial charge >= 0.3 is 0 Å². The fourth-order valence-electron chi connectivity index (χ4n) is 2.74. The van der Waals surface area contributed by atoms with E-state index in [1.807, 2.05) is 37.3 Å². The molecule has 0 bridgehead atoms. The van der Waals surface area contributed by atoms with Crippen LogP contribution in [0.1, 0.15) is 18.1 Å². The van der Waals surface area contributed by atoms with Crippen LogP contribution in [-0.2, 0) is 11.3 Å². The van der Waals surface area contributed by atoms with Gasteiger partial charge in [0.2, 0.25) is 0 Å². The summed E-state index contributed by atoms with van der Waals surface area (Å²) in [6.07, 6.45) is 3.36. The van der Waals surface area contributed by atoms with Gasteiger partial charge in [-0.3, -0.25) is 14.5 Å². The lowest BCUT2D eigenvalue weighted by Gasteiger charge is -2.13. The third-order valence-electron chi connectivity index (χ3n) is 4.08. The molecule has 150 valence electrons. The molecule has 0 atom stereocenters. The number of amides is 2. The molecule has 1 aliphatic rings. The van der Waals surface area contributed by atoms with Crippen LogP contribution in [0.4, 0.5) is 4.79 Å². The molecular formula is C22H20BrNO4S. The molecule has 0 aliphatic carbocycles. The number of hydrogen-bond acceptors (Lipinski definition) is 5. The fourth-order valence-corrected chi connectivity index (χ4v) is 3.98. The van der Waals surface area contributed by atoms with Crippen molar-refractivity contribution in [1.82, 2.24) is 4.90 Å². The molecule has 3 rings (SSSR count). The summed E-state index contributed by atoms with van der Waals surface area (Å²) in [6.45, 7) is 6.60. The van der Waals surface area contributed by atoms with Crippen molar-refractivity contribution < 1.29 is 19.1 Å². The van der Waals surface area contributed by atoms with Gasteiger partial charge < -0.3 is 9.47 Å². The summed E-state index contributed by atoms with van der Waals surface area (Å²) in [5, 5.41) is -0.284. The number of thioether (sulfide) groups is 1. The Bertz CT molecular complexity index is 973. The zero-order valence-electron chi connectivity index (χ0n) is 15.9. The maximum absolute atomic E-state index is 12.8. The van der Waals surface area contributed by atoms with Crippen molar-refractivity contribution in [2.75, 3.05) is 13.2 Å². The van der Waals surface area contributed by atoms with Crippen LogP contribution < -0.4 is 9.47 Å². The minimum absolute atomic E-state index is 0.224. The monoisotopic (exact) mass is 473 g/mol. The lowest BCUT2D eigenvalue weighted by Crippen LogP contribution is -2.27. The highest BCUT2D eigenvalue weighted by molar-refractivity contribution is 9.10. The molecule has 0 saturated carbocycles. The Morgan fingerprint density at radius 2 is 1.93 bits per heavy atom. The molecule has 1 saturated heterocycles. The third kappa shape index (κ3) is 5.10. The Balaban J connectivity index is 1.82. The Hall–Kier alpha value is -2.51. The highest BCUT2D eigenvalue weighted by Crippen LogP contribution is 2.36. The number of rotatable bonds is 8. The van der Waals surface area contributed by atoms with Crippen molar-refractivity contribution in [2.24, 2.45) is 0 Å². The molecule has 2 amide bonds. The van der Waals surface area contributed by atoms with Crippen molar-refractivity contribution >= 4 is 44.9 Å². The average Bonchev–Trinajstić information content (AvgIpc) is 2.96. The highest BCUT2D eigenvalue weighted by Gasteiger charge is 2.35.